The molecule has 1 heterocycles. The molecule has 0 bridgehead atoms. The predicted octanol–water partition coefficient (Wildman–Crippen LogP) is 5.54. The summed E-state index contributed by atoms with van der Waals surface area (Å²) < 4.78 is 39.8. The number of halogens is 3. The van der Waals surface area contributed by atoms with E-state index in [0.717, 1.165) is 17.8 Å². The molecule has 3 nitrogen and oxygen atoms in total. The number of nitrogens with zero attached hydrogens (tertiary/aromatic N) is 1. The Kier molecular flexibility index (Phi) is 5.41. The topological polar surface area (TPSA) is 42.0 Å². The molecule has 0 radical (unpaired) electrons. The molecule has 0 saturated heterocycles. The van der Waals surface area contributed by atoms with Gasteiger partial charge in [-0.2, -0.15) is 13.2 Å². The Morgan fingerprint density at radius 2 is 1.74 bits per heavy atom. The molecule has 0 spiro atoms. The minimum atomic E-state index is -4.46. The molecule has 1 aromatic heterocycles. The minimum absolute atomic E-state index is 0.0444. The molecule has 0 unspecified atom stereocenters. The van der Waals surface area contributed by atoms with Crippen LogP contribution in [0.1, 0.15) is 29.8 Å². The normalized spacial score (nSPS) is 11.8. The Labute approximate surface area is 159 Å². The van der Waals surface area contributed by atoms with Gasteiger partial charge in [0, 0.05) is 16.3 Å². The zero-order valence-electron chi connectivity index (χ0n) is 14.7. The van der Waals surface area contributed by atoms with E-state index < -0.39 is 11.7 Å². The molecule has 1 N–H and O–H groups in total. The van der Waals surface area contributed by atoms with Crippen molar-refractivity contribution in [3.8, 4) is 0 Å². The summed E-state index contributed by atoms with van der Waals surface area (Å²) in [6, 6.07) is 13.9. The van der Waals surface area contributed by atoms with Gasteiger partial charge in [0.1, 0.15) is 5.03 Å². The number of rotatable bonds is 4. The Morgan fingerprint density at radius 1 is 1.07 bits per heavy atom. The number of hydrogen-bond donors (Lipinski definition) is 1. The molecule has 2 aromatic carbocycles. The van der Waals surface area contributed by atoms with Crippen LogP contribution in [0.5, 0.6) is 0 Å². The van der Waals surface area contributed by atoms with Crippen molar-refractivity contribution in [2.24, 2.45) is 0 Å². The lowest BCUT2D eigenvalue weighted by atomic mass is 10.1. The van der Waals surface area contributed by atoms with Crippen molar-refractivity contribution in [3.63, 3.8) is 0 Å². The highest BCUT2D eigenvalue weighted by atomic mass is 32.2. The average Bonchev–Trinajstić information content (AvgIpc) is 2.60. The van der Waals surface area contributed by atoms with Crippen LogP contribution in [0, 0.1) is 0 Å². The van der Waals surface area contributed by atoms with E-state index in [1.807, 2.05) is 13.8 Å². The summed E-state index contributed by atoms with van der Waals surface area (Å²) in [6.07, 6.45) is -4.46. The fourth-order valence-corrected chi connectivity index (χ4v) is 3.62. The third-order valence-corrected chi connectivity index (χ3v) is 4.76. The largest absolute Gasteiger partial charge is 0.417 e. The van der Waals surface area contributed by atoms with E-state index in [9.17, 15) is 18.0 Å². The molecule has 0 atom stereocenters. The number of benzene rings is 2. The number of carbonyl (C=O) groups is 1. The number of nitrogens with one attached hydrogen (secondary N) is 1. The lowest BCUT2D eigenvalue weighted by Crippen LogP contribution is -2.30. The maximum absolute atomic E-state index is 13.3. The van der Waals surface area contributed by atoms with E-state index in [-0.39, 0.29) is 16.8 Å². The monoisotopic (exact) mass is 390 g/mol. The van der Waals surface area contributed by atoms with Crippen molar-refractivity contribution in [1.82, 2.24) is 10.3 Å². The molecule has 0 saturated carbocycles. The van der Waals surface area contributed by atoms with Gasteiger partial charge in [-0.25, -0.2) is 4.98 Å². The summed E-state index contributed by atoms with van der Waals surface area (Å²) in [7, 11) is 0. The molecular formula is C20H17F3N2OS. The number of aromatic nitrogens is 1. The number of pyridine rings is 1. The highest BCUT2D eigenvalue weighted by Crippen LogP contribution is 2.39. The predicted molar refractivity (Wildman–Crippen MR) is 99.9 cm³/mol. The average molecular weight is 390 g/mol. The third-order valence-electron chi connectivity index (χ3n) is 3.76. The quantitative estimate of drug-likeness (QED) is 0.636. The van der Waals surface area contributed by atoms with Crippen LogP contribution < -0.4 is 5.32 Å². The van der Waals surface area contributed by atoms with E-state index in [4.69, 9.17) is 0 Å². The number of hydrogen-bond acceptors (Lipinski definition) is 3. The van der Waals surface area contributed by atoms with Crippen LogP contribution in [0.25, 0.3) is 10.9 Å². The first kappa shape index (κ1) is 19.2. The molecule has 7 heteroatoms. The van der Waals surface area contributed by atoms with E-state index in [0.29, 0.717) is 21.5 Å². The van der Waals surface area contributed by atoms with Crippen molar-refractivity contribution in [1.29, 1.82) is 0 Å². The highest BCUT2D eigenvalue weighted by Gasteiger charge is 2.33. The Morgan fingerprint density at radius 3 is 2.44 bits per heavy atom. The maximum Gasteiger partial charge on any atom is 0.417 e. The third kappa shape index (κ3) is 4.42. The van der Waals surface area contributed by atoms with Crippen LogP contribution in [0.2, 0.25) is 0 Å². The van der Waals surface area contributed by atoms with E-state index in [2.05, 4.69) is 10.3 Å². The molecule has 3 aromatic rings. The van der Waals surface area contributed by atoms with Gasteiger partial charge in [-0.3, -0.25) is 4.79 Å². The smallest absolute Gasteiger partial charge is 0.350 e. The van der Waals surface area contributed by atoms with Crippen LogP contribution in [-0.2, 0) is 6.18 Å². The van der Waals surface area contributed by atoms with Crippen molar-refractivity contribution in [2.75, 3.05) is 0 Å². The summed E-state index contributed by atoms with van der Waals surface area (Å²) in [5.74, 6) is -0.283. The van der Waals surface area contributed by atoms with Gasteiger partial charge in [-0.15, -0.1) is 0 Å². The number of amides is 1. The molecule has 0 aliphatic heterocycles. The van der Waals surface area contributed by atoms with Gasteiger partial charge in [-0.1, -0.05) is 42.1 Å². The van der Waals surface area contributed by atoms with Crippen LogP contribution in [0.3, 0.4) is 0 Å². The van der Waals surface area contributed by atoms with Crippen molar-refractivity contribution in [2.45, 2.75) is 36.0 Å². The second kappa shape index (κ2) is 7.60. The molecule has 0 aliphatic rings. The molecule has 3 rings (SSSR count). The summed E-state index contributed by atoms with van der Waals surface area (Å²) in [5.41, 5.74) is 0.223. The van der Waals surface area contributed by atoms with E-state index >= 15 is 0 Å². The molecule has 140 valence electrons. The zero-order valence-corrected chi connectivity index (χ0v) is 15.5. The number of carbonyl (C=O) groups excluding carboxylic acids is 1. The van der Waals surface area contributed by atoms with Gasteiger partial charge in [-0.05, 0) is 38.1 Å². The van der Waals surface area contributed by atoms with Gasteiger partial charge in [0.25, 0.3) is 5.91 Å². The van der Waals surface area contributed by atoms with Crippen LogP contribution in [0.4, 0.5) is 13.2 Å². The second-order valence-corrected chi connectivity index (χ2v) is 7.31. The fourth-order valence-electron chi connectivity index (χ4n) is 2.63. The minimum Gasteiger partial charge on any atom is -0.350 e. The molecule has 0 fully saturated rings. The van der Waals surface area contributed by atoms with Crippen LogP contribution in [0.15, 0.2) is 64.5 Å². The summed E-state index contributed by atoms with van der Waals surface area (Å²) in [4.78, 5) is 17.0. The number of para-hydroxylation sites is 1. The van der Waals surface area contributed by atoms with Gasteiger partial charge < -0.3 is 5.32 Å². The zero-order chi connectivity index (χ0) is 19.6. The first-order valence-corrected chi connectivity index (χ1v) is 9.12. The van der Waals surface area contributed by atoms with Gasteiger partial charge in [0.2, 0.25) is 0 Å². The van der Waals surface area contributed by atoms with Crippen LogP contribution in [-0.4, -0.2) is 16.9 Å². The van der Waals surface area contributed by atoms with Gasteiger partial charge >= 0.3 is 6.18 Å². The first-order valence-electron chi connectivity index (χ1n) is 8.30. The second-order valence-electron chi connectivity index (χ2n) is 6.25. The number of fused-ring (bicyclic) bond motifs is 1. The van der Waals surface area contributed by atoms with Crippen molar-refractivity contribution in [3.05, 3.63) is 65.7 Å². The Balaban J connectivity index is 2.08. The van der Waals surface area contributed by atoms with Crippen LogP contribution >= 0.6 is 11.8 Å². The Hall–Kier alpha value is -2.54. The number of alkyl halides is 3. The summed E-state index contributed by atoms with van der Waals surface area (Å²) in [5, 5.41) is 3.81. The SMILES string of the molecule is CC(C)NC(=O)c1cc(Sc2ccccc2C(F)(F)F)nc2ccccc12. The molecular weight excluding hydrogens is 373 g/mol. The van der Waals surface area contributed by atoms with Crippen molar-refractivity contribution >= 4 is 28.6 Å². The van der Waals surface area contributed by atoms with E-state index in [1.54, 1.807) is 30.3 Å². The highest BCUT2D eigenvalue weighted by molar-refractivity contribution is 7.99. The summed E-state index contributed by atoms with van der Waals surface area (Å²) >= 11 is 0.895. The van der Waals surface area contributed by atoms with Crippen molar-refractivity contribution < 1.29 is 18.0 Å². The van der Waals surface area contributed by atoms with Gasteiger partial charge in [0.05, 0.1) is 16.6 Å². The molecule has 0 aliphatic carbocycles. The summed E-state index contributed by atoms with van der Waals surface area (Å²) in [6.45, 7) is 3.69. The maximum atomic E-state index is 13.3. The lowest BCUT2D eigenvalue weighted by molar-refractivity contribution is -0.139. The molecule has 27 heavy (non-hydrogen) atoms. The molecule has 1 amide bonds. The van der Waals surface area contributed by atoms with E-state index in [1.165, 1.54) is 18.2 Å². The lowest BCUT2D eigenvalue weighted by Gasteiger charge is -2.14. The van der Waals surface area contributed by atoms with Gasteiger partial charge in [0.15, 0.2) is 0 Å². The fraction of sp³-hybridized carbons (Fsp3) is 0.200. The Bertz CT molecular complexity index is 986. The standard InChI is InChI=1S/C20H17F3N2OS/c1-12(2)24-19(26)14-11-18(25-16-9-5-3-7-13(14)16)27-17-10-6-4-8-15(17)20(21,22)23/h3-12H,1-2H3,(H,24,26). The first-order chi connectivity index (χ1) is 12.8.